The summed E-state index contributed by atoms with van der Waals surface area (Å²) >= 11 is 0. The first-order valence-corrected chi connectivity index (χ1v) is 10.8. The maximum Gasteiger partial charge on any atom is 0.308 e. The number of ether oxygens (including phenoxy) is 3. The maximum atomic E-state index is 11.4. The van der Waals surface area contributed by atoms with Crippen molar-refractivity contribution in [3.8, 4) is 17.2 Å². The summed E-state index contributed by atoms with van der Waals surface area (Å²) in [7, 11) is 0. The second-order valence-corrected chi connectivity index (χ2v) is 7.40. The summed E-state index contributed by atoms with van der Waals surface area (Å²) in [5.74, 6) is 1.48. The van der Waals surface area contributed by atoms with E-state index in [1.165, 1.54) is 6.92 Å². The van der Waals surface area contributed by atoms with Crippen molar-refractivity contribution in [3.05, 3.63) is 95.7 Å². The molecule has 0 N–H and O–H groups in total. The minimum absolute atomic E-state index is 0.372. The van der Waals surface area contributed by atoms with Gasteiger partial charge in [0, 0.05) is 12.3 Å². The topological polar surface area (TPSA) is 57.7 Å². The van der Waals surface area contributed by atoms with Gasteiger partial charge >= 0.3 is 5.97 Å². The van der Waals surface area contributed by atoms with Gasteiger partial charge in [0.2, 0.25) is 0 Å². The van der Waals surface area contributed by atoms with Crippen LogP contribution >= 0.6 is 0 Å². The Morgan fingerprint density at radius 1 is 0.848 bits per heavy atom. The number of benzene rings is 3. The fourth-order valence-electron chi connectivity index (χ4n) is 3.40. The molecule has 166 valence electrons. The number of rotatable bonds is 8. The molecule has 0 aliphatic heterocycles. The summed E-state index contributed by atoms with van der Waals surface area (Å²) in [6, 6.07) is 25.3. The summed E-state index contributed by atoms with van der Waals surface area (Å²) in [5, 5.41) is 0.907. The Labute approximate surface area is 193 Å². The number of fused-ring (bicyclic) bond motifs is 1. The Balaban J connectivity index is 1.55. The van der Waals surface area contributed by atoms with Crippen molar-refractivity contribution < 1.29 is 19.0 Å². The zero-order valence-corrected chi connectivity index (χ0v) is 18.7. The largest absolute Gasteiger partial charge is 0.490 e. The van der Waals surface area contributed by atoms with Crippen LogP contribution in [-0.2, 0) is 11.4 Å². The van der Waals surface area contributed by atoms with Gasteiger partial charge in [0.1, 0.15) is 12.1 Å². The van der Waals surface area contributed by atoms with Crippen molar-refractivity contribution in [1.29, 1.82) is 0 Å². The molecule has 4 rings (SSSR count). The van der Waals surface area contributed by atoms with Gasteiger partial charge in [-0.1, -0.05) is 60.7 Å². The molecule has 0 fully saturated rings. The van der Waals surface area contributed by atoms with Crippen molar-refractivity contribution in [3.63, 3.8) is 0 Å². The lowest BCUT2D eigenvalue weighted by molar-refractivity contribution is -0.131. The van der Waals surface area contributed by atoms with Gasteiger partial charge in [-0.25, -0.2) is 4.98 Å². The summed E-state index contributed by atoms with van der Waals surface area (Å²) < 4.78 is 17.1. The van der Waals surface area contributed by atoms with Gasteiger partial charge in [-0.3, -0.25) is 4.79 Å². The Morgan fingerprint density at radius 3 is 2.48 bits per heavy atom. The first-order valence-electron chi connectivity index (χ1n) is 10.8. The van der Waals surface area contributed by atoms with Crippen LogP contribution in [0, 0.1) is 0 Å². The van der Waals surface area contributed by atoms with Crippen molar-refractivity contribution in [2.24, 2.45) is 0 Å². The van der Waals surface area contributed by atoms with E-state index in [0.717, 1.165) is 22.2 Å². The van der Waals surface area contributed by atoms with Gasteiger partial charge in [0.05, 0.1) is 12.3 Å². The minimum Gasteiger partial charge on any atom is -0.490 e. The van der Waals surface area contributed by atoms with Gasteiger partial charge in [-0.05, 0) is 48.4 Å². The Hall–Kier alpha value is -4.12. The summed E-state index contributed by atoms with van der Waals surface area (Å²) in [6.45, 7) is 4.34. The number of pyridine rings is 1. The van der Waals surface area contributed by atoms with E-state index in [2.05, 4.69) is 4.98 Å². The minimum atomic E-state index is -0.372. The number of carbonyl (C=O) groups is 1. The van der Waals surface area contributed by atoms with Crippen LogP contribution in [0.25, 0.3) is 23.1 Å². The number of para-hydroxylation sites is 1. The van der Waals surface area contributed by atoms with Gasteiger partial charge < -0.3 is 14.2 Å². The molecule has 0 saturated heterocycles. The van der Waals surface area contributed by atoms with Gasteiger partial charge in [0.25, 0.3) is 0 Å². The average Bonchev–Trinajstić information content (AvgIpc) is 2.83. The molecule has 0 atom stereocenters. The second-order valence-electron chi connectivity index (χ2n) is 7.40. The van der Waals surface area contributed by atoms with Crippen LogP contribution in [0.5, 0.6) is 17.2 Å². The van der Waals surface area contributed by atoms with Crippen molar-refractivity contribution in [1.82, 2.24) is 4.98 Å². The quantitative estimate of drug-likeness (QED) is 0.238. The Kier molecular flexibility index (Phi) is 7.00. The van der Waals surface area contributed by atoms with Crippen LogP contribution in [0.4, 0.5) is 0 Å². The third-order valence-electron chi connectivity index (χ3n) is 4.91. The number of esters is 1. The molecule has 0 spiro atoms. The molecule has 3 aromatic carbocycles. The van der Waals surface area contributed by atoms with Crippen LogP contribution in [-0.4, -0.2) is 17.6 Å². The molecule has 5 heteroatoms. The number of carbonyl (C=O) groups excluding carboxylic acids is 1. The molecular weight excluding hydrogens is 414 g/mol. The second kappa shape index (κ2) is 10.5. The summed E-state index contributed by atoms with van der Waals surface area (Å²) in [5.41, 5.74) is 3.46. The molecule has 0 bridgehead atoms. The smallest absolute Gasteiger partial charge is 0.308 e. The van der Waals surface area contributed by atoms with Crippen LogP contribution in [0.3, 0.4) is 0 Å². The normalized spacial score (nSPS) is 11.0. The highest BCUT2D eigenvalue weighted by molar-refractivity contribution is 5.88. The molecule has 4 aromatic rings. The molecule has 0 radical (unpaired) electrons. The van der Waals surface area contributed by atoms with E-state index >= 15 is 0 Å². The molecular formula is C28H25NO4. The summed E-state index contributed by atoms with van der Waals surface area (Å²) in [6.07, 6.45) is 3.88. The number of nitrogens with zero attached hydrogens (tertiary/aromatic N) is 1. The third-order valence-corrected chi connectivity index (χ3v) is 4.91. The molecule has 0 amide bonds. The lowest BCUT2D eigenvalue weighted by Gasteiger charge is -2.12. The molecule has 0 aliphatic rings. The van der Waals surface area contributed by atoms with E-state index < -0.39 is 0 Å². The van der Waals surface area contributed by atoms with Crippen molar-refractivity contribution in [2.75, 3.05) is 6.61 Å². The highest BCUT2D eigenvalue weighted by Crippen LogP contribution is 2.30. The molecule has 33 heavy (non-hydrogen) atoms. The van der Waals surface area contributed by atoms with E-state index in [0.29, 0.717) is 36.0 Å². The van der Waals surface area contributed by atoms with E-state index in [9.17, 15) is 4.79 Å². The van der Waals surface area contributed by atoms with E-state index in [4.69, 9.17) is 14.2 Å². The predicted octanol–water partition coefficient (Wildman–Crippen LogP) is 6.31. The lowest BCUT2D eigenvalue weighted by Crippen LogP contribution is -2.02. The van der Waals surface area contributed by atoms with E-state index in [1.54, 1.807) is 6.07 Å². The molecule has 0 saturated carbocycles. The van der Waals surface area contributed by atoms with Crippen molar-refractivity contribution >= 4 is 29.0 Å². The van der Waals surface area contributed by atoms with Gasteiger partial charge in [-0.15, -0.1) is 0 Å². The average molecular weight is 440 g/mol. The van der Waals surface area contributed by atoms with Gasteiger partial charge in [0.15, 0.2) is 17.2 Å². The molecule has 1 heterocycles. The maximum absolute atomic E-state index is 11.4. The fraction of sp³-hybridized carbons (Fsp3) is 0.143. The van der Waals surface area contributed by atoms with Crippen LogP contribution in [0.15, 0.2) is 78.9 Å². The number of hydrogen-bond donors (Lipinski definition) is 0. The number of hydrogen-bond acceptors (Lipinski definition) is 5. The molecule has 5 nitrogen and oxygen atoms in total. The Morgan fingerprint density at radius 2 is 1.70 bits per heavy atom. The van der Waals surface area contributed by atoms with E-state index in [-0.39, 0.29) is 5.97 Å². The Bertz CT molecular complexity index is 1280. The molecule has 1 aromatic heterocycles. The zero-order chi connectivity index (χ0) is 23.0. The first-order chi connectivity index (χ1) is 16.1. The molecule has 0 aliphatic carbocycles. The van der Waals surface area contributed by atoms with Gasteiger partial charge in [-0.2, -0.15) is 0 Å². The van der Waals surface area contributed by atoms with Crippen LogP contribution < -0.4 is 14.2 Å². The first kappa shape index (κ1) is 22.1. The SMILES string of the molecule is CCOc1cc(/C=C/c2ccc3cccc(OC(C)=O)c3n2)ccc1OCc1ccccc1. The third kappa shape index (κ3) is 5.77. The summed E-state index contributed by atoms with van der Waals surface area (Å²) in [4.78, 5) is 16.1. The standard InChI is InChI=1S/C28H25NO4/c1-3-31-27-18-21(13-17-25(27)32-19-22-8-5-4-6-9-22)12-15-24-16-14-23-10-7-11-26(28(23)29-24)33-20(2)30/h4-18H,3,19H2,1-2H3/b15-12+. The van der Waals surface area contributed by atoms with E-state index in [1.807, 2.05) is 91.9 Å². The van der Waals surface area contributed by atoms with Crippen molar-refractivity contribution in [2.45, 2.75) is 20.5 Å². The predicted molar refractivity (Wildman–Crippen MR) is 130 cm³/mol. The van der Waals surface area contributed by atoms with Crippen LogP contribution in [0.2, 0.25) is 0 Å². The zero-order valence-electron chi connectivity index (χ0n) is 18.7. The fourth-order valence-corrected chi connectivity index (χ4v) is 3.40. The number of aromatic nitrogens is 1. The van der Waals surface area contributed by atoms with Crippen LogP contribution in [0.1, 0.15) is 30.7 Å². The monoisotopic (exact) mass is 439 g/mol. The molecule has 0 unspecified atom stereocenters. The lowest BCUT2D eigenvalue weighted by atomic mass is 10.1. The highest BCUT2D eigenvalue weighted by atomic mass is 16.5. The highest BCUT2D eigenvalue weighted by Gasteiger charge is 2.08.